The van der Waals surface area contributed by atoms with Gasteiger partial charge < -0.3 is 10.4 Å². The van der Waals surface area contributed by atoms with E-state index in [1.807, 2.05) is 0 Å². The summed E-state index contributed by atoms with van der Waals surface area (Å²) in [5, 5.41) is 16.2. The van der Waals surface area contributed by atoms with Gasteiger partial charge in [0.15, 0.2) is 23.3 Å². The zero-order valence-corrected chi connectivity index (χ0v) is 12.2. The molecule has 23 heavy (non-hydrogen) atoms. The van der Waals surface area contributed by atoms with E-state index in [1.54, 1.807) is 7.05 Å². The van der Waals surface area contributed by atoms with Crippen LogP contribution in [-0.4, -0.2) is 27.3 Å². The first-order valence-electron chi connectivity index (χ1n) is 6.46. The lowest BCUT2D eigenvalue weighted by molar-refractivity contribution is 0.0524. The molecule has 5 nitrogen and oxygen atoms in total. The molecule has 0 aliphatic heterocycles. The summed E-state index contributed by atoms with van der Waals surface area (Å²) in [7, 11) is 1.62. The maximum atomic E-state index is 13.5. The van der Waals surface area contributed by atoms with Gasteiger partial charge in [0, 0.05) is 18.8 Å². The quantitative estimate of drug-likeness (QED) is 0.508. The summed E-state index contributed by atoms with van der Waals surface area (Å²) < 4.78 is 54.0. The van der Waals surface area contributed by atoms with Gasteiger partial charge in [-0.25, -0.2) is 17.6 Å². The summed E-state index contributed by atoms with van der Waals surface area (Å²) in [6, 6.07) is 0.252. The normalized spacial score (nSPS) is 13.7. The lowest BCUT2D eigenvalue weighted by atomic mass is 9.99. The fourth-order valence-corrected chi connectivity index (χ4v) is 1.89. The molecule has 0 radical (unpaired) electrons. The number of benzene rings is 1. The maximum absolute atomic E-state index is 13.5. The Hall–Kier alpha value is -2.42. The molecule has 0 bridgehead atoms. The molecule has 0 saturated heterocycles. The van der Waals surface area contributed by atoms with Gasteiger partial charge in [-0.1, -0.05) is 0 Å². The Kier molecular flexibility index (Phi) is 4.42. The van der Waals surface area contributed by atoms with Crippen molar-refractivity contribution in [3.05, 3.63) is 52.9 Å². The Bertz CT molecular complexity index is 759. The van der Waals surface area contributed by atoms with E-state index in [-0.39, 0.29) is 12.6 Å². The van der Waals surface area contributed by atoms with Gasteiger partial charge in [0.05, 0.1) is 18.3 Å². The van der Waals surface area contributed by atoms with Crippen LogP contribution in [-0.2, 0) is 12.6 Å². The van der Waals surface area contributed by atoms with Gasteiger partial charge in [-0.2, -0.15) is 5.10 Å². The number of aryl methyl sites for hydroxylation is 1. The molecule has 2 N–H and O–H groups in total. The smallest absolute Gasteiger partial charge is 0.254 e. The van der Waals surface area contributed by atoms with Crippen LogP contribution in [0.1, 0.15) is 22.8 Å². The number of aromatic nitrogens is 2. The Morgan fingerprint density at radius 1 is 1.30 bits per heavy atom. The van der Waals surface area contributed by atoms with E-state index < -0.39 is 40.3 Å². The minimum atomic E-state index is -2.07. The fraction of sp³-hybridized carbons (Fsp3) is 0.286. The second kappa shape index (κ2) is 5.99. The van der Waals surface area contributed by atoms with Crippen LogP contribution in [0, 0.1) is 23.3 Å². The molecule has 1 aromatic carbocycles. The molecule has 0 fully saturated rings. The van der Waals surface area contributed by atoms with Crippen LogP contribution in [0.15, 0.2) is 18.5 Å². The third kappa shape index (κ3) is 3.34. The minimum absolute atomic E-state index is 0.252. The largest absolute Gasteiger partial charge is 0.383 e. The van der Waals surface area contributed by atoms with Crippen molar-refractivity contribution in [2.24, 2.45) is 7.05 Å². The number of amides is 1. The summed E-state index contributed by atoms with van der Waals surface area (Å²) in [6.45, 7) is 0.990. The summed E-state index contributed by atoms with van der Waals surface area (Å²) in [4.78, 5) is 11.8. The summed E-state index contributed by atoms with van der Waals surface area (Å²) in [5.41, 5.74) is -2.17. The first kappa shape index (κ1) is 16.9. The summed E-state index contributed by atoms with van der Waals surface area (Å²) in [6.07, 6.45) is 2.87. The van der Waals surface area contributed by atoms with Crippen LogP contribution in [0.25, 0.3) is 0 Å². The van der Waals surface area contributed by atoms with Gasteiger partial charge in [0.25, 0.3) is 5.91 Å². The molecule has 0 saturated carbocycles. The van der Waals surface area contributed by atoms with Gasteiger partial charge in [-0.05, 0) is 13.0 Å². The Balaban J connectivity index is 2.17. The molecule has 1 amide bonds. The number of hydrogen-bond donors (Lipinski definition) is 2. The average Bonchev–Trinajstić information content (AvgIpc) is 2.94. The molecule has 2 aromatic rings. The molecule has 0 aliphatic rings. The highest BCUT2D eigenvalue weighted by atomic mass is 19.2. The highest BCUT2D eigenvalue weighted by Gasteiger charge is 2.28. The SMILES string of the molecule is Cn1cc(C(C)(O)CNC(=O)c2cc(F)c(F)c(F)c2F)cn1. The fourth-order valence-electron chi connectivity index (χ4n) is 1.89. The van der Waals surface area contributed by atoms with E-state index >= 15 is 0 Å². The van der Waals surface area contributed by atoms with E-state index in [0.29, 0.717) is 5.56 Å². The third-order valence-electron chi connectivity index (χ3n) is 3.27. The molecular weight excluding hydrogens is 318 g/mol. The van der Waals surface area contributed by atoms with Gasteiger partial charge in [-0.3, -0.25) is 9.48 Å². The van der Waals surface area contributed by atoms with Gasteiger partial charge in [0.2, 0.25) is 0 Å². The lowest BCUT2D eigenvalue weighted by Crippen LogP contribution is -2.38. The second-order valence-corrected chi connectivity index (χ2v) is 5.21. The predicted octanol–water partition coefficient (Wildman–Crippen LogP) is 1.61. The first-order chi connectivity index (χ1) is 10.6. The third-order valence-corrected chi connectivity index (χ3v) is 3.27. The number of halogens is 4. The minimum Gasteiger partial charge on any atom is -0.383 e. The molecule has 9 heteroatoms. The molecule has 2 rings (SSSR count). The Morgan fingerprint density at radius 3 is 2.52 bits per heavy atom. The van der Waals surface area contributed by atoms with Gasteiger partial charge in [0.1, 0.15) is 5.60 Å². The first-order valence-corrected chi connectivity index (χ1v) is 6.46. The van der Waals surface area contributed by atoms with Crippen molar-refractivity contribution in [1.82, 2.24) is 15.1 Å². The zero-order valence-electron chi connectivity index (χ0n) is 12.2. The number of carbonyl (C=O) groups excluding carboxylic acids is 1. The molecule has 1 aromatic heterocycles. The Morgan fingerprint density at radius 2 is 1.96 bits per heavy atom. The highest BCUT2D eigenvalue weighted by molar-refractivity contribution is 5.94. The van der Waals surface area contributed by atoms with Gasteiger partial charge >= 0.3 is 0 Å². The number of nitrogens with one attached hydrogen (secondary N) is 1. The van der Waals surface area contributed by atoms with E-state index in [2.05, 4.69) is 10.4 Å². The van der Waals surface area contributed by atoms with Crippen molar-refractivity contribution in [2.75, 3.05) is 6.54 Å². The topological polar surface area (TPSA) is 67.2 Å². The summed E-state index contributed by atoms with van der Waals surface area (Å²) in [5.74, 6) is -8.75. The lowest BCUT2D eigenvalue weighted by Gasteiger charge is -2.22. The van der Waals surface area contributed by atoms with E-state index in [4.69, 9.17) is 0 Å². The Labute approximate surface area is 128 Å². The van der Waals surface area contributed by atoms with Crippen LogP contribution < -0.4 is 5.32 Å². The van der Waals surface area contributed by atoms with Crippen molar-refractivity contribution < 1.29 is 27.5 Å². The van der Waals surface area contributed by atoms with Crippen molar-refractivity contribution in [3.8, 4) is 0 Å². The number of aliphatic hydroxyl groups is 1. The maximum Gasteiger partial charge on any atom is 0.254 e. The predicted molar refractivity (Wildman–Crippen MR) is 71.4 cm³/mol. The zero-order chi connectivity index (χ0) is 17.4. The van der Waals surface area contributed by atoms with Crippen LogP contribution in [0.2, 0.25) is 0 Å². The van der Waals surface area contributed by atoms with Crippen molar-refractivity contribution in [3.63, 3.8) is 0 Å². The molecular formula is C14H13F4N3O2. The molecule has 1 unspecified atom stereocenters. The summed E-state index contributed by atoms with van der Waals surface area (Å²) >= 11 is 0. The molecule has 1 atom stereocenters. The van der Waals surface area contributed by atoms with Crippen molar-refractivity contribution in [1.29, 1.82) is 0 Å². The number of nitrogens with zero attached hydrogens (tertiary/aromatic N) is 2. The van der Waals surface area contributed by atoms with E-state index in [1.165, 1.54) is 24.0 Å². The number of carbonyl (C=O) groups is 1. The molecule has 124 valence electrons. The van der Waals surface area contributed by atoms with E-state index in [0.717, 1.165) is 0 Å². The van der Waals surface area contributed by atoms with Gasteiger partial charge in [-0.15, -0.1) is 0 Å². The van der Waals surface area contributed by atoms with Crippen LogP contribution in [0.5, 0.6) is 0 Å². The monoisotopic (exact) mass is 331 g/mol. The van der Waals surface area contributed by atoms with Crippen LogP contribution in [0.4, 0.5) is 17.6 Å². The number of hydrogen-bond acceptors (Lipinski definition) is 3. The number of rotatable bonds is 4. The standard InChI is InChI=1S/C14H13F4N3O2/c1-14(23,7-4-20-21(2)5-7)6-19-13(22)8-3-9(15)11(17)12(18)10(8)16/h3-5,23H,6H2,1-2H3,(H,19,22). The van der Waals surface area contributed by atoms with Crippen molar-refractivity contribution in [2.45, 2.75) is 12.5 Å². The molecule has 1 heterocycles. The molecule has 0 spiro atoms. The van der Waals surface area contributed by atoms with Crippen LogP contribution in [0.3, 0.4) is 0 Å². The van der Waals surface area contributed by atoms with E-state index in [9.17, 15) is 27.5 Å². The molecule has 0 aliphatic carbocycles. The average molecular weight is 331 g/mol. The highest BCUT2D eigenvalue weighted by Crippen LogP contribution is 2.21. The second-order valence-electron chi connectivity index (χ2n) is 5.21. The van der Waals surface area contributed by atoms with Crippen molar-refractivity contribution >= 4 is 5.91 Å². The van der Waals surface area contributed by atoms with Crippen LogP contribution >= 0.6 is 0 Å².